The van der Waals surface area contributed by atoms with Crippen LogP contribution in [0, 0.1) is 5.92 Å². The predicted octanol–water partition coefficient (Wildman–Crippen LogP) is -8.85. The summed E-state index contributed by atoms with van der Waals surface area (Å²) in [6.45, 7) is 6.13. The maximum atomic E-state index is 14.5. The van der Waals surface area contributed by atoms with Crippen LogP contribution in [0.1, 0.15) is 143 Å². The van der Waals surface area contributed by atoms with Gasteiger partial charge in [-0.3, -0.25) is 72.7 Å². The van der Waals surface area contributed by atoms with E-state index in [1.54, 1.807) is 13.8 Å². The van der Waals surface area contributed by atoms with E-state index in [2.05, 4.69) is 67.8 Å². The van der Waals surface area contributed by atoms with Crippen molar-refractivity contribution in [2.75, 3.05) is 45.8 Å². The van der Waals surface area contributed by atoms with E-state index in [-0.39, 0.29) is 147 Å². The first-order valence-corrected chi connectivity index (χ1v) is 32.7. The summed E-state index contributed by atoms with van der Waals surface area (Å²) in [7, 11) is 0. The van der Waals surface area contributed by atoms with Gasteiger partial charge in [-0.25, -0.2) is 4.79 Å². The molecule has 556 valence electrons. The van der Waals surface area contributed by atoms with E-state index in [4.69, 9.17) is 63.1 Å². The van der Waals surface area contributed by atoms with Crippen LogP contribution in [0.25, 0.3) is 0 Å². The first kappa shape index (κ1) is 86.6. The molecule has 40 nitrogen and oxygen atoms in total. The fourth-order valence-corrected chi connectivity index (χ4v) is 9.92. The van der Waals surface area contributed by atoms with Crippen molar-refractivity contribution < 1.29 is 72.9 Å². The first-order valence-electron chi connectivity index (χ1n) is 32.7. The van der Waals surface area contributed by atoms with E-state index in [0.717, 1.165) is 0 Å². The number of guanidine groups is 4. The average molecular weight is 1400 g/mol. The van der Waals surface area contributed by atoms with Crippen LogP contribution in [0.5, 0.6) is 0 Å². The van der Waals surface area contributed by atoms with Crippen LogP contribution >= 0.6 is 0 Å². The number of aliphatic hydroxyl groups excluding tert-OH is 1. The van der Waals surface area contributed by atoms with E-state index in [9.17, 15) is 72.9 Å². The molecule has 0 aromatic carbocycles. The van der Waals surface area contributed by atoms with Crippen molar-refractivity contribution >= 4 is 94.8 Å². The molecule has 0 aromatic rings. The second-order valence-corrected chi connectivity index (χ2v) is 24.0. The zero-order valence-electron chi connectivity index (χ0n) is 56.5. The number of aliphatic imine (C=N–C) groups is 4. The highest BCUT2D eigenvalue weighted by atomic mass is 16.4. The van der Waals surface area contributed by atoms with Gasteiger partial charge in [0.05, 0.1) is 6.10 Å². The predicted molar refractivity (Wildman–Crippen MR) is 362 cm³/mol. The molecule has 1 heterocycles. The Bertz CT molecular complexity index is 2740. The number of unbranched alkanes of at least 4 members (excludes halogenated alkanes) is 2. The molecular weight excluding hydrogens is 1290 g/mol. The number of likely N-dealkylation sites (tertiary alicyclic amines) is 1. The Kier molecular flexibility index (Phi) is 41.2. The van der Waals surface area contributed by atoms with Crippen molar-refractivity contribution in [3.8, 4) is 0 Å². The molecular formula is C58H109N25O15. The average Bonchev–Trinajstić information content (AvgIpc) is 1.63. The highest BCUT2D eigenvalue weighted by molar-refractivity contribution is 5.99. The fraction of sp³-hybridized carbons (Fsp3) is 0.724. The fourth-order valence-electron chi connectivity index (χ4n) is 9.92. The second kappa shape index (κ2) is 46.7. The number of carboxylic acids is 2. The van der Waals surface area contributed by atoms with Gasteiger partial charge in [0.1, 0.15) is 66.5 Å². The Balaban J connectivity index is 3.71. The zero-order valence-corrected chi connectivity index (χ0v) is 56.5. The molecule has 0 aliphatic carbocycles. The standard InChI is InChI=1S/C58H109N25O15/c1-30(2)43(54(97)98)82-51(94)38(19-12-28-73-58(68)69)79-47(90)34(15-6-8-24-60)76-46(89)33(14-5-7-23-59)77-48(91)36(17-10-26-71-56(64)65)75-44(87)31(3)74-45(88)35(16-9-25-70-55(62)63)78-50(93)39(21-22-41(85)86)80-49(92)37(18-11-27-72-57(66)67)81-52(95)40-20-13-29-83(40)53(96)42(61)32(4)84/h30-40,42-43,84H,5-29,59-61H2,1-4H3,(H,74,88)(H,75,87)(H,76,89)(H,77,91)(H,78,93)(H,79,90)(H,80,92)(H,81,95)(H,82,94)(H,85,86)(H,97,98)(H4,62,63,70)(H4,64,65,71)(H4,66,67,72)(H4,68,69,73)/t31-,32+,33-,34-,35-,36-,37-,38-,39-,40-,42-,43-/m0/s1. The van der Waals surface area contributed by atoms with Gasteiger partial charge in [0.2, 0.25) is 59.1 Å². The SMILES string of the molecule is CC(C)[C@H](NC(=O)[C@H](CCCN=C(N)N)NC(=O)[C@H](CCCCN)NC(=O)[C@H](CCCCN)NC(=O)[C@H](CCCN=C(N)N)NC(=O)[C@H](C)NC(=O)[C@H](CCCN=C(N)N)NC(=O)[C@H](CCC(=O)O)NC(=O)[C@H](CCCN=C(N)N)NC(=O)[C@@H]1CCCN1C(=O)[C@@H](N)[C@@H](C)O)C(=O)O. The number of carboxylic acid groups (broad SMARTS) is 2. The van der Waals surface area contributed by atoms with Crippen molar-refractivity contribution in [2.24, 2.45) is 89.0 Å². The van der Waals surface area contributed by atoms with Crippen LogP contribution in [0.4, 0.5) is 0 Å². The van der Waals surface area contributed by atoms with Gasteiger partial charge in [-0.15, -0.1) is 0 Å². The molecule has 1 saturated heterocycles. The maximum Gasteiger partial charge on any atom is 0.326 e. The number of hydrogen-bond acceptors (Lipinski definition) is 20. The summed E-state index contributed by atoms with van der Waals surface area (Å²) in [4.78, 5) is 182. The van der Waals surface area contributed by atoms with Gasteiger partial charge >= 0.3 is 11.9 Å². The lowest BCUT2D eigenvalue weighted by Gasteiger charge is -2.29. The number of carbonyl (C=O) groups is 12. The molecule has 0 radical (unpaired) electrons. The van der Waals surface area contributed by atoms with Gasteiger partial charge in [-0.1, -0.05) is 13.8 Å². The third-order valence-corrected chi connectivity index (χ3v) is 15.4. The summed E-state index contributed by atoms with van der Waals surface area (Å²) < 4.78 is 0. The molecule has 0 saturated carbocycles. The topological polar surface area (TPSA) is 713 Å². The Morgan fingerprint density at radius 3 is 1.07 bits per heavy atom. The highest BCUT2D eigenvalue weighted by Gasteiger charge is 2.40. The Morgan fingerprint density at radius 2 is 0.755 bits per heavy atom. The van der Waals surface area contributed by atoms with Gasteiger partial charge < -0.3 is 131 Å². The number of aliphatic hydroxyl groups is 1. The molecule has 40 heteroatoms. The zero-order chi connectivity index (χ0) is 74.2. The molecule has 1 aliphatic heterocycles. The minimum absolute atomic E-state index is 0.0133. The lowest BCUT2D eigenvalue weighted by molar-refractivity contribution is -0.143. The van der Waals surface area contributed by atoms with E-state index < -0.39 is 162 Å². The molecule has 98 heavy (non-hydrogen) atoms. The normalized spacial score (nSPS) is 15.9. The van der Waals surface area contributed by atoms with Gasteiger partial charge in [-0.05, 0) is 142 Å². The van der Waals surface area contributed by atoms with Crippen LogP contribution < -0.4 is 111 Å². The number of nitrogens with zero attached hydrogens (tertiary/aromatic N) is 5. The number of nitrogens with one attached hydrogen (secondary N) is 9. The molecule has 0 spiro atoms. The molecule has 10 amide bonds. The van der Waals surface area contributed by atoms with E-state index in [1.807, 2.05) is 0 Å². The molecule has 0 unspecified atom stereocenters. The van der Waals surface area contributed by atoms with Crippen molar-refractivity contribution in [3.63, 3.8) is 0 Å². The Hall–Kier alpha value is -9.44. The summed E-state index contributed by atoms with van der Waals surface area (Å²) in [5.41, 5.74) is 61.6. The monoisotopic (exact) mass is 1400 g/mol. The first-order chi connectivity index (χ1) is 46.1. The Morgan fingerprint density at radius 1 is 0.439 bits per heavy atom. The van der Waals surface area contributed by atoms with Gasteiger partial charge in [0, 0.05) is 39.1 Å². The number of aliphatic carboxylic acids is 2. The van der Waals surface area contributed by atoms with Crippen LogP contribution in [-0.2, 0) is 57.5 Å². The van der Waals surface area contributed by atoms with E-state index in [0.29, 0.717) is 25.7 Å². The second-order valence-electron chi connectivity index (χ2n) is 24.0. The molecule has 0 aromatic heterocycles. The third-order valence-electron chi connectivity index (χ3n) is 15.4. The Labute approximate surface area is 569 Å². The van der Waals surface area contributed by atoms with Crippen molar-refractivity contribution in [2.45, 2.75) is 216 Å². The molecule has 1 fully saturated rings. The molecule has 0 bridgehead atoms. The minimum Gasteiger partial charge on any atom is -0.481 e. The lowest BCUT2D eigenvalue weighted by Crippen LogP contribution is -2.60. The minimum atomic E-state index is -1.70. The van der Waals surface area contributed by atoms with Crippen LogP contribution in [0.2, 0.25) is 0 Å². The van der Waals surface area contributed by atoms with Gasteiger partial charge in [0.25, 0.3) is 0 Å². The van der Waals surface area contributed by atoms with Gasteiger partial charge in [-0.2, -0.15) is 0 Å². The smallest absolute Gasteiger partial charge is 0.326 e. The number of hydrogen-bond donors (Lipinski definition) is 23. The summed E-state index contributed by atoms with van der Waals surface area (Å²) >= 11 is 0. The molecule has 1 aliphatic rings. The van der Waals surface area contributed by atoms with Crippen LogP contribution in [0.3, 0.4) is 0 Å². The number of amides is 10. The summed E-state index contributed by atoms with van der Waals surface area (Å²) in [5.74, 6) is -13.4. The van der Waals surface area contributed by atoms with Crippen molar-refractivity contribution in [1.82, 2.24) is 52.8 Å². The number of nitrogens with two attached hydrogens (primary N) is 11. The summed E-state index contributed by atoms with van der Waals surface area (Å²) in [5, 5.41) is 52.6. The lowest BCUT2D eigenvalue weighted by atomic mass is 10.0. The van der Waals surface area contributed by atoms with Crippen molar-refractivity contribution in [1.29, 1.82) is 0 Å². The highest BCUT2D eigenvalue weighted by Crippen LogP contribution is 2.20. The van der Waals surface area contributed by atoms with Crippen LogP contribution in [-0.4, -0.2) is 233 Å². The summed E-state index contributed by atoms with van der Waals surface area (Å²) in [6.07, 6.45) is -0.992. The maximum absolute atomic E-state index is 14.5. The van der Waals surface area contributed by atoms with E-state index >= 15 is 0 Å². The largest absolute Gasteiger partial charge is 0.481 e. The van der Waals surface area contributed by atoms with Crippen LogP contribution in [0.15, 0.2) is 20.0 Å². The summed E-state index contributed by atoms with van der Waals surface area (Å²) in [6, 6.07) is -15.6. The quantitative estimate of drug-likeness (QED) is 0.0153. The molecule has 1 rings (SSSR count). The number of rotatable bonds is 49. The number of carbonyl (C=O) groups excluding carboxylic acids is 10. The van der Waals surface area contributed by atoms with E-state index in [1.165, 1.54) is 18.7 Å². The van der Waals surface area contributed by atoms with Crippen molar-refractivity contribution in [3.05, 3.63) is 0 Å². The van der Waals surface area contributed by atoms with Gasteiger partial charge in [0.15, 0.2) is 23.8 Å². The third kappa shape index (κ3) is 34.5. The molecule has 34 N–H and O–H groups in total. The molecule has 12 atom stereocenters.